The molecule has 0 unspecified atom stereocenters. The highest BCUT2D eigenvalue weighted by atomic mass is 16.6. The van der Waals surface area contributed by atoms with E-state index in [1.807, 2.05) is 66.7 Å². The van der Waals surface area contributed by atoms with Crippen molar-refractivity contribution in [3.8, 4) is 11.1 Å². The van der Waals surface area contributed by atoms with E-state index < -0.39 is 74.1 Å². The van der Waals surface area contributed by atoms with Crippen LogP contribution in [0, 0.1) is 0 Å². The lowest BCUT2D eigenvalue weighted by molar-refractivity contribution is -0.143. The summed E-state index contributed by atoms with van der Waals surface area (Å²) in [5, 5.41) is 20.8. The highest BCUT2D eigenvalue weighted by Crippen LogP contribution is 2.47. The first-order valence-corrected chi connectivity index (χ1v) is 17.3. The van der Waals surface area contributed by atoms with E-state index in [0.717, 1.165) is 33.4 Å². The summed E-state index contributed by atoms with van der Waals surface area (Å²) < 4.78 is 10.8. The van der Waals surface area contributed by atoms with Gasteiger partial charge in [0.25, 0.3) is 0 Å². The number of rotatable bonds is 18. The van der Waals surface area contributed by atoms with Crippen molar-refractivity contribution in [2.45, 2.75) is 30.9 Å². The van der Waals surface area contributed by atoms with Gasteiger partial charge in [-0.3, -0.25) is 19.2 Å². The van der Waals surface area contributed by atoms with Gasteiger partial charge in [-0.15, -0.1) is 0 Å². The monoisotopic (exact) mass is 735 g/mol. The number of benzene rings is 4. The van der Waals surface area contributed by atoms with Crippen LogP contribution in [0.3, 0.4) is 0 Å². The zero-order chi connectivity index (χ0) is 38.3. The molecule has 5 rings (SSSR count). The third-order valence-corrected chi connectivity index (χ3v) is 8.59. The van der Waals surface area contributed by atoms with E-state index in [4.69, 9.17) is 14.6 Å². The minimum atomic E-state index is -1.20. The lowest BCUT2D eigenvalue weighted by Gasteiger charge is -2.26. The molecule has 0 heterocycles. The molecule has 0 bridgehead atoms. The third kappa shape index (κ3) is 11.2. The third-order valence-electron chi connectivity index (χ3n) is 8.59. The molecule has 0 aliphatic heterocycles. The Balaban J connectivity index is 1.14. The predicted octanol–water partition coefficient (Wildman–Crippen LogP) is 2.27. The molecule has 0 aromatic heterocycles. The zero-order valence-electron chi connectivity index (χ0n) is 29.3. The number of aliphatic carboxylic acids is 1. The Bertz CT molecular complexity index is 1890. The van der Waals surface area contributed by atoms with E-state index >= 15 is 0 Å². The molecule has 0 saturated carbocycles. The number of fused-ring (bicyclic) bond motifs is 3. The van der Waals surface area contributed by atoms with E-state index in [9.17, 15) is 28.8 Å². The summed E-state index contributed by atoms with van der Waals surface area (Å²) in [5.74, 6) is -4.09. The second-order valence-corrected chi connectivity index (χ2v) is 12.4. The number of hydrogen-bond donors (Lipinski definition) is 6. The Hall–Kier alpha value is -6.54. The Morgan fingerprint density at radius 3 is 1.72 bits per heavy atom. The molecule has 0 saturated heterocycles. The van der Waals surface area contributed by atoms with E-state index in [0.29, 0.717) is 6.42 Å². The molecule has 1 aliphatic rings. The molecular weight excluding hydrogens is 694 g/mol. The van der Waals surface area contributed by atoms with Gasteiger partial charge in [-0.05, 0) is 33.4 Å². The van der Waals surface area contributed by atoms with Crippen LogP contribution in [0.2, 0.25) is 0 Å². The first kappa shape index (κ1) is 38.7. The highest BCUT2D eigenvalue weighted by molar-refractivity contribution is 5.92. The summed E-state index contributed by atoms with van der Waals surface area (Å²) in [4.78, 5) is 74.3. The molecule has 4 aromatic rings. The second-order valence-electron chi connectivity index (χ2n) is 12.4. The maximum absolute atomic E-state index is 13.2. The molecule has 2 atom stereocenters. The molecule has 4 aromatic carbocycles. The van der Waals surface area contributed by atoms with Crippen molar-refractivity contribution in [3.63, 3.8) is 0 Å². The molecule has 5 amide bonds. The molecule has 280 valence electrons. The van der Waals surface area contributed by atoms with Gasteiger partial charge in [0.05, 0.1) is 13.1 Å². The van der Waals surface area contributed by atoms with Crippen molar-refractivity contribution < 1.29 is 43.3 Å². The maximum atomic E-state index is 13.2. The fourth-order valence-electron chi connectivity index (χ4n) is 6.17. The summed E-state index contributed by atoms with van der Waals surface area (Å²) in [7, 11) is 0. The summed E-state index contributed by atoms with van der Waals surface area (Å²) in [6, 6.07) is 33.5. The smallest absolute Gasteiger partial charge is 0.407 e. The largest absolute Gasteiger partial charge is 0.480 e. The number of hydrogen-bond acceptors (Lipinski definition) is 8. The maximum Gasteiger partial charge on any atom is 0.407 e. The van der Waals surface area contributed by atoms with Crippen LogP contribution in [0.1, 0.15) is 28.2 Å². The first-order chi connectivity index (χ1) is 26.2. The number of alkyl carbamates (subject to hydrolysis) is 1. The van der Waals surface area contributed by atoms with Crippen molar-refractivity contribution >= 4 is 35.7 Å². The number of amides is 5. The normalized spacial score (nSPS) is 12.6. The molecule has 0 fully saturated rings. The fraction of sp³-hybridized carbons (Fsp3) is 0.250. The number of nitrogens with one attached hydrogen (secondary N) is 5. The van der Waals surface area contributed by atoms with Gasteiger partial charge in [-0.2, -0.15) is 0 Å². The lowest BCUT2D eigenvalue weighted by atomic mass is 9.87. The van der Waals surface area contributed by atoms with E-state index in [-0.39, 0.29) is 19.1 Å². The van der Waals surface area contributed by atoms with Gasteiger partial charge in [0, 0.05) is 18.8 Å². The van der Waals surface area contributed by atoms with Crippen LogP contribution in [0.5, 0.6) is 0 Å². The Kier molecular flexibility index (Phi) is 13.9. The van der Waals surface area contributed by atoms with Crippen LogP contribution in [-0.2, 0) is 46.3 Å². The molecule has 6 N–H and O–H groups in total. The molecule has 54 heavy (non-hydrogen) atoms. The van der Waals surface area contributed by atoms with E-state index in [1.54, 1.807) is 30.3 Å². The Morgan fingerprint density at radius 2 is 1.11 bits per heavy atom. The zero-order valence-corrected chi connectivity index (χ0v) is 29.3. The topological polar surface area (TPSA) is 201 Å². The lowest BCUT2D eigenvalue weighted by Crippen LogP contribution is -2.52. The molecule has 14 nitrogen and oxygen atoms in total. The predicted molar refractivity (Wildman–Crippen MR) is 197 cm³/mol. The number of carboxylic acids is 1. The first-order valence-electron chi connectivity index (χ1n) is 17.3. The minimum absolute atomic E-state index is 0.0865. The summed E-state index contributed by atoms with van der Waals surface area (Å²) in [6.07, 6.45) is -0.884. The van der Waals surface area contributed by atoms with Gasteiger partial charge in [0.2, 0.25) is 23.6 Å². The molecule has 0 radical (unpaired) electrons. The van der Waals surface area contributed by atoms with Crippen LogP contribution < -0.4 is 26.6 Å². The van der Waals surface area contributed by atoms with Crippen LogP contribution in [0.4, 0.5) is 4.79 Å². The minimum Gasteiger partial charge on any atom is -0.480 e. The Morgan fingerprint density at radius 1 is 0.593 bits per heavy atom. The van der Waals surface area contributed by atoms with Crippen LogP contribution in [0.25, 0.3) is 11.1 Å². The quantitative estimate of drug-likeness (QED) is 0.0655. The van der Waals surface area contributed by atoms with E-state index in [2.05, 4.69) is 38.7 Å². The summed E-state index contributed by atoms with van der Waals surface area (Å²) in [6.45, 7) is -2.39. The molecular formula is C40H41N5O9. The average Bonchev–Trinajstić information content (AvgIpc) is 3.51. The molecule has 1 aliphatic carbocycles. The standard InChI is InChI=1S/C40H41N5O9/c46-34(41-23-36(48)45-32(19-26-11-3-1-4-12-26)39(51)42-21-35(47)44-25-53-24-37(49)50)22-43-40(52)54-33(20-27-13-5-2-6-14-27)38-30-17-9-7-15-28(30)29-16-8-10-18-31(29)38/h1-18,32-33,38H,19-25H2,(H,41,46)(H,42,51)(H,43,52)(H,44,47)(H,45,48)(H,49,50)/t32-,33-/m0/s1. The number of ether oxygens (including phenoxy) is 2. The van der Waals surface area contributed by atoms with Crippen LogP contribution >= 0.6 is 0 Å². The van der Waals surface area contributed by atoms with E-state index in [1.165, 1.54) is 0 Å². The molecule has 14 heteroatoms. The van der Waals surface area contributed by atoms with Crippen molar-refractivity contribution in [1.82, 2.24) is 26.6 Å². The van der Waals surface area contributed by atoms with Gasteiger partial charge in [-0.1, -0.05) is 109 Å². The van der Waals surface area contributed by atoms with Gasteiger partial charge >= 0.3 is 12.1 Å². The van der Waals surface area contributed by atoms with Crippen molar-refractivity contribution in [1.29, 1.82) is 0 Å². The van der Waals surface area contributed by atoms with Crippen molar-refractivity contribution in [2.75, 3.05) is 33.0 Å². The van der Waals surface area contributed by atoms with Crippen molar-refractivity contribution in [2.24, 2.45) is 0 Å². The second kappa shape index (κ2) is 19.3. The van der Waals surface area contributed by atoms with Gasteiger partial charge < -0.3 is 41.2 Å². The number of carbonyl (C=O) groups excluding carboxylic acids is 5. The fourth-order valence-corrected chi connectivity index (χ4v) is 6.17. The summed E-state index contributed by atoms with van der Waals surface area (Å²) >= 11 is 0. The number of carboxylic acid groups (broad SMARTS) is 1. The average molecular weight is 736 g/mol. The highest BCUT2D eigenvalue weighted by Gasteiger charge is 2.36. The summed E-state index contributed by atoms with van der Waals surface area (Å²) in [5.41, 5.74) is 5.94. The molecule has 0 spiro atoms. The Labute approximate surface area is 311 Å². The number of carbonyl (C=O) groups is 6. The van der Waals surface area contributed by atoms with Gasteiger partial charge in [-0.25, -0.2) is 9.59 Å². The SMILES string of the molecule is O=C(O)COCNC(=O)CNC(=O)[C@H](Cc1ccccc1)NC(=O)CNC(=O)CNC(=O)O[C@@H](Cc1ccccc1)C1c2ccccc2-c2ccccc21. The van der Waals surface area contributed by atoms with Gasteiger partial charge in [0.15, 0.2) is 0 Å². The van der Waals surface area contributed by atoms with Crippen molar-refractivity contribution in [3.05, 3.63) is 131 Å². The van der Waals surface area contributed by atoms with Gasteiger partial charge in [0.1, 0.15) is 32.0 Å². The van der Waals surface area contributed by atoms with Crippen LogP contribution in [-0.4, -0.2) is 85.9 Å². The van der Waals surface area contributed by atoms with Crippen LogP contribution in [0.15, 0.2) is 109 Å².